The van der Waals surface area contributed by atoms with Crippen LogP contribution in [-0.4, -0.2) is 70.4 Å². The summed E-state index contributed by atoms with van der Waals surface area (Å²) >= 11 is 0. The highest BCUT2D eigenvalue weighted by Crippen LogP contribution is 2.52. The Balaban J connectivity index is 1.82. The van der Waals surface area contributed by atoms with Crippen LogP contribution in [0.15, 0.2) is 78.9 Å². The molecule has 5 aromatic rings. The van der Waals surface area contributed by atoms with E-state index in [0.29, 0.717) is 55.7 Å². The number of aliphatic hydroxyl groups is 1. The molecule has 0 bridgehead atoms. The summed E-state index contributed by atoms with van der Waals surface area (Å²) in [6, 6.07) is 24.0. The van der Waals surface area contributed by atoms with E-state index >= 15 is 0 Å². The lowest BCUT2D eigenvalue weighted by molar-refractivity contribution is -0.0672. The average Bonchev–Trinajstić information content (AvgIpc) is 3.13. The maximum Gasteiger partial charge on any atom is 0.192 e. The first kappa shape index (κ1) is 39.7. The van der Waals surface area contributed by atoms with Gasteiger partial charge in [-0.05, 0) is 54.9 Å². The van der Waals surface area contributed by atoms with Gasteiger partial charge >= 0.3 is 0 Å². The lowest BCUT2D eigenvalue weighted by Gasteiger charge is -2.40. The van der Waals surface area contributed by atoms with Gasteiger partial charge in [-0.1, -0.05) is 75.4 Å². The molecule has 0 saturated heterocycles. The molecule has 0 saturated carbocycles. The molecular weight excluding hydrogens is 689 g/mol. The lowest BCUT2D eigenvalue weighted by atomic mass is 9.80. The number of aromatic hydroxyl groups is 2. The minimum Gasteiger partial charge on any atom is -0.507 e. The van der Waals surface area contributed by atoms with Crippen LogP contribution in [0.2, 0.25) is 18.1 Å². The average molecular weight is 743 g/mol. The van der Waals surface area contributed by atoms with Crippen LogP contribution in [0.25, 0.3) is 21.5 Å². The van der Waals surface area contributed by atoms with Gasteiger partial charge in [0.1, 0.15) is 34.5 Å². The fourth-order valence-corrected chi connectivity index (χ4v) is 8.35. The van der Waals surface area contributed by atoms with Crippen molar-refractivity contribution in [1.82, 2.24) is 0 Å². The summed E-state index contributed by atoms with van der Waals surface area (Å²) in [5, 5.41) is 39.2. The molecule has 5 rings (SSSR count). The molecule has 284 valence electrons. The van der Waals surface area contributed by atoms with Crippen molar-refractivity contribution in [2.75, 3.05) is 28.4 Å². The van der Waals surface area contributed by atoms with E-state index in [1.54, 1.807) is 38.5 Å². The van der Waals surface area contributed by atoms with E-state index in [1.165, 1.54) is 14.2 Å². The van der Waals surface area contributed by atoms with Crippen LogP contribution < -0.4 is 18.9 Å². The van der Waals surface area contributed by atoms with Gasteiger partial charge in [-0.3, -0.25) is 0 Å². The fourth-order valence-electron chi connectivity index (χ4n) is 6.90. The minimum absolute atomic E-state index is 0.0447. The molecule has 0 aliphatic heterocycles. The minimum atomic E-state index is -2.21. The number of ether oxygens (including phenoxy) is 5. The first-order valence-electron chi connectivity index (χ1n) is 17.9. The standard InChI is InChI=1S/C43H54O9Si/c1-26(52-53(9,10)43(2,3)4)22-32(44)42(51-25-27-16-12-11-13-17-27)37(30-23-35(49-7)28-18-14-20-33(47-5)38(28)40(30)45)31-24-36(50-8)29-19-15-21-34(48-6)39(29)41(31)46/h11-21,23-24,26,32,37,42,44-46H,22,25H2,1-10H3/t26-,32-,42-/m1/s1. The predicted molar refractivity (Wildman–Crippen MR) is 213 cm³/mol. The number of rotatable bonds is 15. The van der Waals surface area contributed by atoms with Crippen molar-refractivity contribution in [2.24, 2.45) is 0 Å². The Morgan fingerprint density at radius 1 is 0.660 bits per heavy atom. The van der Waals surface area contributed by atoms with E-state index in [1.807, 2.05) is 61.5 Å². The molecule has 3 atom stereocenters. The quantitative estimate of drug-likeness (QED) is 0.0903. The molecule has 9 nitrogen and oxygen atoms in total. The third kappa shape index (κ3) is 8.06. The normalized spacial score (nSPS) is 14.0. The van der Waals surface area contributed by atoms with Crippen LogP contribution in [0, 0.1) is 0 Å². The molecule has 5 aromatic carbocycles. The van der Waals surface area contributed by atoms with Gasteiger partial charge in [-0.25, -0.2) is 0 Å². The predicted octanol–water partition coefficient (Wildman–Crippen LogP) is 9.32. The Labute approximate surface area is 314 Å². The summed E-state index contributed by atoms with van der Waals surface area (Å²) in [5.41, 5.74) is 1.58. The molecule has 0 spiro atoms. The van der Waals surface area contributed by atoms with Gasteiger partial charge in [0.15, 0.2) is 8.32 Å². The zero-order chi connectivity index (χ0) is 38.7. The second-order valence-corrected chi connectivity index (χ2v) is 19.8. The van der Waals surface area contributed by atoms with Gasteiger partial charge in [0.05, 0.1) is 58.0 Å². The number of aliphatic hydroxyl groups excluding tert-OH is 1. The molecule has 0 heterocycles. The summed E-state index contributed by atoms with van der Waals surface area (Å²) in [5.74, 6) is 0.597. The Kier molecular flexibility index (Phi) is 12.2. The number of fused-ring (bicyclic) bond motifs is 2. The maximum absolute atomic E-state index is 12.4. The van der Waals surface area contributed by atoms with E-state index < -0.39 is 26.4 Å². The van der Waals surface area contributed by atoms with Crippen molar-refractivity contribution < 1.29 is 43.4 Å². The molecule has 0 unspecified atom stereocenters. The summed E-state index contributed by atoms with van der Waals surface area (Å²) in [6.07, 6.45) is -2.30. The Morgan fingerprint density at radius 3 is 1.57 bits per heavy atom. The van der Waals surface area contributed by atoms with Gasteiger partial charge in [0.2, 0.25) is 0 Å². The van der Waals surface area contributed by atoms with Crippen molar-refractivity contribution >= 4 is 29.9 Å². The highest BCUT2D eigenvalue weighted by atomic mass is 28.4. The largest absolute Gasteiger partial charge is 0.507 e. The van der Waals surface area contributed by atoms with Crippen molar-refractivity contribution in [1.29, 1.82) is 0 Å². The molecule has 0 aliphatic carbocycles. The number of phenols is 2. The fraction of sp³-hybridized carbons (Fsp3) is 0.395. The van der Waals surface area contributed by atoms with Crippen molar-refractivity contribution in [3.63, 3.8) is 0 Å². The van der Waals surface area contributed by atoms with E-state index in [4.69, 9.17) is 28.1 Å². The number of phenolic OH excluding ortho intramolecular Hbond substituents is 2. The smallest absolute Gasteiger partial charge is 0.192 e. The van der Waals surface area contributed by atoms with E-state index in [-0.39, 0.29) is 35.7 Å². The van der Waals surface area contributed by atoms with Crippen LogP contribution in [-0.2, 0) is 15.8 Å². The van der Waals surface area contributed by atoms with Crippen LogP contribution in [0.4, 0.5) is 0 Å². The summed E-state index contributed by atoms with van der Waals surface area (Å²) in [7, 11) is 3.98. The summed E-state index contributed by atoms with van der Waals surface area (Å²) < 4.78 is 36.8. The monoisotopic (exact) mass is 742 g/mol. The number of benzene rings is 5. The van der Waals surface area contributed by atoms with Gasteiger partial charge in [0, 0.05) is 40.3 Å². The third-order valence-electron chi connectivity index (χ3n) is 10.6. The topological polar surface area (TPSA) is 116 Å². The first-order valence-corrected chi connectivity index (χ1v) is 20.8. The molecule has 0 radical (unpaired) electrons. The van der Waals surface area contributed by atoms with Crippen molar-refractivity contribution in [3.05, 3.63) is 95.6 Å². The van der Waals surface area contributed by atoms with Gasteiger partial charge in [-0.15, -0.1) is 0 Å². The SMILES string of the molecule is COc1cc(C(c2cc(OC)c3cccc(OC)c3c2O)[C@H](OCc2ccccc2)[C@H](O)C[C@@H](C)O[Si](C)(C)C(C)(C)C)c(O)c2c(OC)cccc12. The van der Waals surface area contributed by atoms with Gasteiger partial charge < -0.3 is 43.4 Å². The molecule has 0 aliphatic rings. The van der Waals surface area contributed by atoms with E-state index in [2.05, 4.69) is 33.9 Å². The van der Waals surface area contributed by atoms with E-state index in [0.717, 1.165) is 5.56 Å². The molecular formula is C43H54O9Si. The Bertz CT molecular complexity index is 1920. The molecule has 53 heavy (non-hydrogen) atoms. The second kappa shape index (κ2) is 16.3. The molecule has 0 aromatic heterocycles. The Hall–Kier alpha value is -4.48. The maximum atomic E-state index is 12.4. The third-order valence-corrected chi connectivity index (χ3v) is 15.2. The molecule has 10 heteroatoms. The Morgan fingerprint density at radius 2 is 1.13 bits per heavy atom. The van der Waals surface area contributed by atoms with Crippen LogP contribution in [0.5, 0.6) is 34.5 Å². The molecule has 0 fully saturated rings. The zero-order valence-corrected chi connectivity index (χ0v) is 33.5. The summed E-state index contributed by atoms with van der Waals surface area (Å²) in [4.78, 5) is 0. The van der Waals surface area contributed by atoms with Crippen molar-refractivity contribution in [2.45, 2.75) is 83.1 Å². The molecule has 3 N–H and O–H groups in total. The highest BCUT2D eigenvalue weighted by Gasteiger charge is 2.41. The summed E-state index contributed by atoms with van der Waals surface area (Å²) in [6.45, 7) is 13.0. The number of methoxy groups -OCH3 is 4. The van der Waals surface area contributed by atoms with Crippen LogP contribution in [0.1, 0.15) is 56.7 Å². The van der Waals surface area contributed by atoms with E-state index in [9.17, 15) is 15.3 Å². The van der Waals surface area contributed by atoms with Crippen LogP contribution >= 0.6 is 0 Å². The van der Waals surface area contributed by atoms with Crippen LogP contribution in [0.3, 0.4) is 0 Å². The number of hydrogen-bond acceptors (Lipinski definition) is 9. The van der Waals surface area contributed by atoms with Gasteiger partial charge in [0.25, 0.3) is 0 Å². The zero-order valence-electron chi connectivity index (χ0n) is 32.5. The second-order valence-electron chi connectivity index (χ2n) is 15.0. The van der Waals surface area contributed by atoms with Gasteiger partial charge in [-0.2, -0.15) is 0 Å². The lowest BCUT2D eigenvalue weighted by Crippen LogP contribution is -2.45. The first-order chi connectivity index (χ1) is 25.2. The number of hydrogen-bond donors (Lipinski definition) is 3. The highest BCUT2D eigenvalue weighted by molar-refractivity contribution is 6.74. The molecule has 0 amide bonds. The van der Waals surface area contributed by atoms with Crippen molar-refractivity contribution in [3.8, 4) is 34.5 Å².